The first-order chi connectivity index (χ1) is 8.26. The molecule has 0 bridgehead atoms. The average molecular weight is 227 g/mol. The maximum Gasteiger partial charge on any atom is 0.170 e. The molecule has 0 aromatic carbocycles. The van der Waals surface area contributed by atoms with Crippen molar-refractivity contribution in [1.29, 1.82) is 0 Å². The van der Waals surface area contributed by atoms with Gasteiger partial charge in [0.2, 0.25) is 0 Å². The fourth-order valence-electron chi connectivity index (χ4n) is 1.80. The van der Waals surface area contributed by atoms with Gasteiger partial charge >= 0.3 is 0 Å². The fraction of sp³-hybridized carbons (Fsp3) is 0.143. The van der Waals surface area contributed by atoms with Crippen molar-refractivity contribution in [3.05, 3.63) is 66.7 Å². The van der Waals surface area contributed by atoms with E-state index in [1.165, 1.54) is 12.2 Å². The van der Waals surface area contributed by atoms with Crippen LogP contribution in [0.15, 0.2) is 61.2 Å². The van der Waals surface area contributed by atoms with E-state index in [1.807, 2.05) is 12.1 Å². The van der Waals surface area contributed by atoms with E-state index in [2.05, 4.69) is 18.1 Å². The zero-order chi connectivity index (χ0) is 12.3. The Kier molecular flexibility index (Phi) is 3.19. The Morgan fingerprint density at radius 1 is 1.41 bits per heavy atom. The highest BCUT2D eigenvalue weighted by Crippen LogP contribution is 2.32. The van der Waals surface area contributed by atoms with Crippen LogP contribution in [-0.2, 0) is 9.53 Å². The molecule has 0 saturated heterocycles. The zero-order valence-corrected chi connectivity index (χ0v) is 9.43. The van der Waals surface area contributed by atoms with Gasteiger partial charge in [0.15, 0.2) is 5.78 Å². The molecule has 86 valence electrons. The summed E-state index contributed by atoms with van der Waals surface area (Å²) < 4.78 is 5.73. The van der Waals surface area contributed by atoms with Crippen LogP contribution < -0.4 is 0 Å². The molecule has 3 heteroatoms. The number of hydrogen-bond acceptors (Lipinski definition) is 3. The first-order valence-electron chi connectivity index (χ1n) is 5.35. The van der Waals surface area contributed by atoms with Crippen LogP contribution in [0.1, 0.15) is 18.1 Å². The Labute approximate surface area is 100 Å². The number of Topliss-reactive ketones (excluding diaryl/α,β-unsaturated/α-hetero) is 1. The standard InChI is InChI=1S/C14H13NO2/c1-3-11-12(16)8-14(17-13(11)4-2)10-6-5-7-15-9-10/h3-7,9,14H,1-2,8H2. The summed E-state index contributed by atoms with van der Waals surface area (Å²) in [6, 6.07) is 3.72. The third-order valence-corrected chi connectivity index (χ3v) is 2.65. The Balaban J connectivity index is 2.33. The Morgan fingerprint density at radius 3 is 2.82 bits per heavy atom. The lowest BCUT2D eigenvalue weighted by Crippen LogP contribution is -2.19. The Bertz CT molecular complexity index is 488. The molecule has 0 amide bonds. The van der Waals surface area contributed by atoms with Gasteiger partial charge < -0.3 is 4.74 Å². The summed E-state index contributed by atoms with van der Waals surface area (Å²) in [5.74, 6) is 0.514. The van der Waals surface area contributed by atoms with E-state index in [1.54, 1.807) is 12.4 Å². The third-order valence-electron chi connectivity index (χ3n) is 2.65. The van der Waals surface area contributed by atoms with Crippen molar-refractivity contribution in [2.24, 2.45) is 0 Å². The highest BCUT2D eigenvalue weighted by molar-refractivity contribution is 5.99. The number of pyridine rings is 1. The third kappa shape index (κ3) is 2.18. The van der Waals surface area contributed by atoms with Gasteiger partial charge in [-0.15, -0.1) is 0 Å². The lowest BCUT2D eigenvalue weighted by Gasteiger charge is -2.25. The van der Waals surface area contributed by atoms with Crippen molar-refractivity contribution >= 4 is 5.78 Å². The lowest BCUT2D eigenvalue weighted by molar-refractivity contribution is -0.119. The van der Waals surface area contributed by atoms with E-state index in [0.29, 0.717) is 17.8 Å². The molecular weight excluding hydrogens is 214 g/mol. The van der Waals surface area contributed by atoms with Gasteiger partial charge in [0.25, 0.3) is 0 Å². The number of aromatic nitrogens is 1. The number of carbonyl (C=O) groups excluding carboxylic acids is 1. The van der Waals surface area contributed by atoms with Gasteiger partial charge in [-0.3, -0.25) is 9.78 Å². The van der Waals surface area contributed by atoms with Gasteiger partial charge in [-0.25, -0.2) is 0 Å². The highest BCUT2D eigenvalue weighted by atomic mass is 16.5. The predicted octanol–water partition coefficient (Wildman–Crippen LogP) is 2.74. The van der Waals surface area contributed by atoms with Gasteiger partial charge in [0.05, 0.1) is 12.0 Å². The normalized spacial score (nSPS) is 19.8. The topological polar surface area (TPSA) is 39.2 Å². The van der Waals surface area contributed by atoms with Gasteiger partial charge in [0.1, 0.15) is 11.9 Å². The second-order valence-electron chi connectivity index (χ2n) is 3.71. The van der Waals surface area contributed by atoms with Gasteiger partial charge in [-0.05, 0) is 12.1 Å². The van der Waals surface area contributed by atoms with Crippen LogP contribution in [0.4, 0.5) is 0 Å². The number of allylic oxidation sites excluding steroid dienone is 3. The summed E-state index contributed by atoms with van der Waals surface area (Å²) in [6.45, 7) is 7.26. The first-order valence-corrected chi connectivity index (χ1v) is 5.35. The van der Waals surface area contributed by atoms with E-state index in [4.69, 9.17) is 4.74 Å². The average Bonchev–Trinajstić information content (AvgIpc) is 2.38. The molecule has 1 aromatic heterocycles. The van der Waals surface area contributed by atoms with E-state index >= 15 is 0 Å². The van der Waals surface area contributed by atoms with E-state index in [9.17, 15) is 4.79 Å². The first kappa shape index (κ1) is 11.3. The van der Waals surface area contributed by atoms with Crippen molar-refractivity contribution in [2.45, 2.75) is 12.5 Å². The number of rotatable bonds is 3. The van der Waals surface area contributed by atoms with Crippen LogP contribution in [0.2, 0.25) is 0 Å². The Morgan fingerprint density at radius 2 is 2.24 bits per heavy atom. The molecule has 0 saturated carbocycles. The molecule has 3 nitrogen and oxygen atoms in total. The van der Waals surface area contributed by atoms with Crippen LogP contribution in [0.25, 0.3) is 0 Å². The van der Waals surface area contributed by atoms with Crippen LogP contribution in [0.5, 0.6) is 0 Å². The minimum absolute atomic E-state index is 0.0232. The molecule has 1 aromatic rings. The molecule has 0 N–H and O–H groups in total. The second kappa shape index (κ2) is 4.78. The summed E-state index contributed by atoms with van der Waals surface area (Å²) >= 11 is 0. The van der Waals surface area contributed by atoms with Crippen molar-refractivity contribution < 1.29 is 9.53 Å². The molecule has 0 radical (unpaired) electrons. The van der Waals surface area contributed by atoms with Crippen molar-refractivity contribution in [3.63, 3.8) is 0 Å². The summed E-state index contributed by atoms with van der Waals surface area (Å²) in [7, 11) is 0. The van der Waals surface area contributed by atoms with Crippen molar-refractivity contribution in [2.75, 3.05) is 0 Å². The molecule has 2 heterocycles. The van der Waals surface area contributed by atoms with Gasteiger partial charge in [-0.1, -0.05) is 25.3 Å². The van der Waals surface area contributed by atoms with Crippen molar-refractivity contribution in [3.8, 4) is 0 Å². The highest BCUT2D eigenvalue weighted by Gasteiger charge is 2.27. The van der Waals surface area contributed by atoms with Crippen LogP contribution in [0, 0.1) is 0 Å². The van der Waals surface area contributed by atoms with E-state index < -0.39 is 0 Å². The quantitative estimate of drug-likeness (QED) is 0.797. The molecular formula is C14H13NO2. The van der Waals surface area contributed by atoms with Crippen LogP contribution in [-0.4, -0.2) is 10.8 Å². The summed E-state index contributed by atoms with van der Waals surface area (Å²) in [4.78, 5) is 15.9. The summed E-state index contributed by atoms with van der Waals surface area (Å²) in [5.41, 5.74) is 1.39. The molecule has 0 aliphatic carbocycles. The Hall–Kier alpha value is -2.16. The fourth-order valence-corrected chi connectivity index (χ4v) is 1.80. The molecule has 2 rings (SSSR count). The monoisotopic (exact) mass is 227 g/mol. The number of nitrogens with zero attached hydrogens (tertiary/aromatic N) is 1. The van der Waals surface area contributed by atoms with E-state index in [0.717, 1.165) is 5.56 Å². The molecule has 1 atom stereocenters. The smallest absolute Gasteiger partial charge is 0.170 e. The molecule has 0 fully saturated rings. The maximum atomic E-state index is 11.9. The minimum atomic E-state index is -0.284. The largest absolute Gasteiger partial charge is 0.484 e. The summed E-state index contributed by atoms with van der Waals surface area (Å²) in [6.07, 6.45) is 6.47. The van der Waals surface area contributed by atoms with Gasteiger partial charge in [0, 0.05) is 18.0 Å². The molecule has 0 spiro atoms. The zero-order valence-electron chi connectivity index (χ0n) is 9.43. The minimum Gasteiger partial charge on any atom is -0.484 e. The van der Waals surface area contributed by atoms with Crippen molar-refractivity contribution in [1.82, 2.24) is 4.98 Å². The number of ketones is 1. The number of carbonyl (C=O) groups is 1. The molecule has 1 aliphatic heterocycles. The SMILES string of the molecule is C=CC1=C(C=C)C(=O)CC(c2cccnc2)O1. The van der Waals surface area contributed by atoms with Gasteiger partial charge in [-0.2, -0.15) is 0 Å². The summed E-state index contributed by atoms with van der Waals surface area (Å²) in [5, 5.41) is 0. The second-order valence-corrected chi connectivity index (χ2v) is 3.71. The number of hydrogen-bond donors (Lipinski definition) is 0. The molecule has 1 unspecified atom stereocenters. The lowest BCUT2D eigenvalue weighted by atomic mass is 9.97. The predicted molar refractivity (Wildman–Crippen MR) is 65.1 cm³/mol. The molecule has 17 heavy (non-hydrogen) atoms. The molecule has 1 aliphatic rings. The maximum absolute atomic E-state index is 11.9. The van der Waals surface area contributed by atoms with Crippen LogP contribution >= 0.6 is 0 Å². The van der Waals surface area contributed by atoms with Crippen LogP contribution in [0.3, 0.4) is 0 Å². The number of ether oxygens (including phenoxy) is 1. The van der Waals surface area contributed by atoms with E-state index in [-0.39, 0.29) is 11.9 Å².